The van der Waals surface area contributed by atoms with Gasteiger partial charge in [0.15, 0.2) is 5.13 Å². The number of halogens is 1. The summed E-state index contributed by atoms with van der Waals surface area (Å²) in [6.45, 7) is 0. The van der Waals surface area contributed by atoms with Crippen molar-refractivity contribution < 1.29 is 9.59 Å². The van der Waals surface area contributed by atoms with E-state index in [0.29, 0.717) is 22.1 Å². The number of hydrogen-bond acceptors (Lipinski definition) is 4. The molecule has 0 saturated carbocycles. The number of carbonyl (C=O) groups is 2. The molecule has 5 rings (SSSR count). The Labute approximate surface area is 200 Å². The zero-order valence-corrected chi connectivity index (χ0v) is 19.4. The van der Waals surface area contributed by atoms with Crippen molar-refractivity contribution >= 4 is 50.8 Å². The van der Waals surface area contributed by atoms with Gasteiger partial charge in [0.25, 0.3) is 5.91 Å². The predicted molar refractivity (Wildman–Crippen MR) is 132 cm³/mol. The predicted octanol–water partition coefficient (Wildman–Crippen LogP) is 5.14. The minimum Gasteiger partial charge on any atom is -0.361 e. The molecule has 168 valence electrons. The standard InChI is InChI=1S/C25H23ClN4O2S/c26-18-9-3-1-8-17(18)23(31)28-21(13-15-14-27-19-10-4-2-7-16(15)19)24(32)30-25-29-20-11-5-6-12-22(20)33-25/h1-4,7-10,14,21,27H,5-6,11-13H2,(H,28,31)(H,29,30,32). The summed E-state index contributed by atoms with van der Waals surface area (Å²) in [5.41, 5.74) is 3.34. The van der Waals surface area contributed by atoms with E-state index in [2.05, 4.69) is 20.6 Å². The molecule has 0 saturated heterocycles. The highest BCUT2D eigenvalue weighted by atomic mass is 35.5. The van der Waals surface area contributed by atoms with Crippen LogP contribution in [-0.4, -0.2) is 27.8 Å². The molecule has 1 aliphatic carbocycles. The summed E-state index contributed by atoms with van der Waals surface area (Å²) >= 11 is 7.74. The largest absolute Gasteiger partial charge is 0.361 e. The van der Waals surface area contributed by atoms with E-state index < -0.39 is 6.04 Å². The van der Waals surface area contributed by atoms with Crippen molar-refractivity contribution in [3.63, 3.8) is 0 Å². The number of aromatic nitrogens is 2. The smallest absolute Gasteiger partial charge is 0.253 e. The molecule has 6 nitrogen and oxygen atoms in total. The van der Waals surface area contributed by atoms with Gasteiger partial charge in [-0.15, -0.1) is 11.3 Å². The lowest BCUT2D eigenvalue weighted by molar-refractivity contribution is -0.118. The molecule has 1 aliphatic rings. The summed E-state index contributed by atoms with van der Waals surface area (Å²) in [5.74, 6) is -0.689. The minimum atomic E-state index is -0.797. The summed E-state index contributed by atoms with van der Waals surface area (Å²) in [4.78, 5) is 35.4. The number of amides is 2. The molecule has 4 aromatic rings. The Morgan fingerprint density at radius 1 is 1.09 bits per heavy atom. The zero-order valence-electron chi connectivity index (χ0n) is 17.9. The van der Waals surface area contributed by atoms with Crippen molar-refractivity contribution in [2.45, 2.75) is 38.1 Å². The molecular weight excluding hydrogens is 456 g/mol. The molecule has 2 aromatic carbocycles. The van der Waals surface area contributed by atoms with Gasteiger partial charge in [-0.05, 0) is 49.4 Å². The first-order chi connectivity index (χ1) is 16.1. The van der Waals surface area contributed by atoms with Crippen LogP contribution in [-0.2, 0) is 24.1 Å². The Morgan fingerprint density at radius 2 is 1.88 bits per heavy atom. The second kappa shape index (κ2) is 9.37. The number of rotatable bonds is 6. The van der Waals surface area contributed by atoms with Gasteiger partial charge in [-0.3, -0.25) is 9.59 Å². The van der Waals surface area contributed by atoms with E-state index in [0.717, 1.165) is 47.8 Å². The summed E-state index contributed by atoms with van der Waals surface area (Å²) in [6.07, 6.45) is 6.45. The lowest BCUT2D eigenvalue weighted by Gasteiger charge is -2.18. The number of H-pyrrole nitrogens is 1. The Morgan fingerprint density at radius 3 is 2.73 bits per heavy atom. The third-order valence-electron chi connectivity index (χ3n) is 5.92. The highest BCUT2D eigenvalue weighted by molar-refractivity contribution is 7.15. The first-order valence-corrected chi connectivity index (χ1v) is 12.2. The SMILES string of the molecule is O=C(NC(Cc1c[nH]c2ccccc12)C(=O)Nc1nc2c(s1)CCCC2)c1ccccc1Cl. The fraction of sp³-hybridized carbons (Fsp3) is 0.240. The van der Waals surface area contributed by atoms with E-state index in [9.17, 15) is 9.59 Å². The molecule has 1 atom stereocenters. The van der Waals surface area contributed by atoms with E-state index in [-0.39, 0.29) is 11.8 Å². The average Bonchev–Trinajstić information content (AvgIpc) is 3.42. The lowest BCUT2D eigenvalue weighted by Crippen LogP contribution is -2.45. The number of nitrogens with one attached hydrogen (secondary N) is 3. The fourth-order valence-electron chi connectivity index (χ4n) is 4.21. The first-order valence-electron chi connectivity index (χ1n) is 11.0. The normalized spacial score (nSPS) is 14.0. The molecule has 2 amide bonds. The summed E-state index contributed by atoms with van der Waals surface area (Å²) in [6, 6.07) is 13.9. The van der Waals surface area contributed by atoms with Gasteiger partial charge in [-0.1, -0.05) is 41.9 Å². The Hall–Kier alpha value is -3.16. The van der Waals surface area contributed by atoms with Gasteiger partial charge in [0.2, 0.25) is 5.91 Å². The number of fused-ring (bicyclic) bond motifs is 2. The van der Waals surface area contributed by atoms with Gasteiger partial charge in [-0.25, -0.2) is 4.98 Å². The zero-order chi connectivity index (χ0) is 22.8. The topological polar surface area (TPSA) is 86.9 Å². The van der Waals surface area contributed by atoms with Crippen LogP contribution in [0.15, 0.2) is 54.7 Å². The van der Waals surface area contributed by atoms with Crippen LogP contribution in [0, 0.1) is 0 Å². The molecule has 0 radical (unpaired) electrons. The number of hydrogen-bond donors (Lipinski definition) is 3. The second-order valence-electron chi connectivity index (χ2n) is 8.15. The van der Waals surface area contributed by atoms with Crippen LogP contribution in [0.5, 0.6) is 0 Å². The second-order valence-corrected chi connectivity index (χ2v) is 9.65. The molecule has 33 heavy (non-hydrogen) atoms. The van der Waals surface area contributed by atoms with Gasteiger partial charge in [0, 0.05) is 28.4 Å². The van der Waals surface area contributed by atoms with Crippen molar-refractivity contribution in [1.29, 1.82) is 0 Å². The van der Waals surface area contributed by atoms with Gasteiger partial charge >= 0.3 is 0 Å². The molecule has 2 aromatic heterocycles. The van der Waals surface area contributed by atoms with Crippen LogP contribution in [0.3, 0.4) is 0 Å². The first kappa shape index (κ1) is 21.7. The molecule has 0 fully saturated rings. The van der Waals surface area contributed by atoms with E-state index in [4.69, 9.17) is 11.6 Å². The highest BCUT2D eigenvalue weighted by Gasteiger charge is 2.26. The number of aromatic amines is 1. The molecule has 1 unspecified atom stereocenters. The number of nitrogens with zero attached hydrogens (tertiary/aromatic N) is 1. The van der Waals surface area contributed by atoms with E-state index in [1.165, 1.54) is 16.2 Å². The molecule has 0 spiro atoms. The van der Waals surface area contributed by atoms with Gasteiger partial charge in [0.1, 0.15) is 6.04 Å². The van der Waals surface area contributed by atoms with Crippen LogP contribution >= 0.6 is 22.9 Å². The highest BCUT2D eigenvalue weighted by Crippen LogP contribution is 2.30. The van der Waals surface area contributed by atoms with Crippen LogP contribution in [0.4, 0.5) is 5.13 Å². The fourth-order valence-corrected chi connectivity index (χ4v) is 5.48. The van der Waals surface area contributed by atoms with Gasteiger partial charge < -0.3 is 15.6 Å². The van der Waals surface area contributed by atoms with Gasteiger partial charge in [0.05, 0.1) is 16.3 Å². The van der Waals surface area contributed by atoms with Crippen molar-refractivity contribution in [2.24, 2.45) is 0 Å². The number of carbonyl (C=O) groups excluding carboxylic acids is 2. The molecule has 0 aliphatic heterocycles. The molecule has 0 bridgehead atoms. The molecule has 3 N–H and O–H groups in total. The molecular formula is C25H23ClN4O2S. The summed E-state index contributed by atoms with van der Waals surface area (Å²) in [7, 11) is 0. The average molecular weight is 479 g/mol. The quantitative estimate of drug-likeness (QED) is 0.358. The Balaban J connectivity index is 1.41. The summed E-state index contributed by atoms with van der Waals surface area (Å²) < 4.78 is 0. The number of thiazole rings is 1. The number of para-hydroxylation sites is 1. The number of aryl methyl sites for hydroxylation is 2. The van der Waals surface area contributed by atoms with E-state index in [1.54, 1.807) is 24.3 Å². The molecule has 8 heteroatoms. The van der Waals surface area contributed by atoms with E-state index >= 15 is 0 Å². The van der Waals surface area contributed by atoms with Crippen molar-refractivity contribution in [3.8, 4) is 0 Å². The minimum absolute atomic E-state index is 0.299. The third kappa shape index (κ3) is 4.65. The maximum Gasteiger partial charge on any atom is 0.253 e. The van der Waals surface area contributed by atoms with Crippen LogP contribution in [0.25, 0.3) is 10.9 Å². The van der Waals surface area contributed by atoms with Gasteiger partial charge in [-0.2, -0.15) is 0 Å². The maximum atomic E-state index is 13.3. The van der Waals surface area contributed by atoms with Crippen molar-refractivity contribution in [2.75, 3.05) is 5.32 Å². The van der Waals surface area contributed by atoms with Crippen molar-refractivity contribution in [1.82, 2.24) is 15.3 Å². The monoisotopic (exact) mass is 478 g/mol. The number of benzene rings is 2. The number of anilines is 1. The molecule has 2 heterocycles. The lowest BCUT2D eigenvalue weighted by atomic mass is 10.0. The van der Waals surface area contributed by atoms with Crippen LogP contribution < -0.4 is 10.6 Å². The summed E-state index contributed by atoms with van der Waals surface area (Å²) in [5, 5.41) is 7.78. The maximum absolute atomic E-state index is 13.3. The Kier molecular flexibility index (Phi) is 6.15. The van der Waals surface area contributed by atoms with Crippen LogP contribution in [0.1, 0.15) is 39.3 Å². The Bertz CT molecular complexity index is 1310. The van der Waals surface area contributed by atoms with Crippen LogP contribution in [0.2, 0.25) is 5.02 Å². The van der Waals surface area contributed by atoms with E-state index in [1.807, 2.05) is 30.5 Å². The third-order valence-corrected chi connectivity index (χ3v) is 7.32. The van der Waals surface area contributed by atoms with Crippen molar-refractivity contribution in [3.05, 3.63) is 81.4 Å².